The van der Waals surface area contributed by atoms with E-state index in [-0.39, 0.29) is 16.9 Å². The second-order valence-corrected chi connectivity index (χ2v) is 8.15. The third-order valence-electron chi connectivity index (χ3n) is 4.97. The number of amides is 2. The number of nitrogens with one attached hydrogen (secondary N) is 4. The Labute approximate surface area is 197 Å². The lowest BCUT2D eigenvalue weighted by atomic mass is 10.1. The Morgan fingerprint density at radius 1 is 1.15 bits per heavy atom. The number of fused-ring (bicyclic) bond motifs is 1. The Morgan fingerprint density at radius 3 is 2.73 bits per heavy atom. The number of hydrogen-bond donors (Lipinski definition) is 4. The van der Waals surface area contributed by atoms with Gasteiger partial charge in [0.25, 0.3) is 5.56 Å². The fourth-order valence-corrected chi connectivity index (χ4v) is 3.83. The largest absolute Gasteiger partial charge is 0.334 e. The molecule has 0 saturated carbocycles. The Hall–Kier alpha value is -3.69. The molecule has 4 rings (SSSR count). The maximum absolute atomic E-state index is 12.3. The van der Waals surface area contributed by atoms with E-state index >= 15 is 0 Å². The van der Waals surface area contributed by atoms with Gasteiger partial charge in [-0.2, -0.15) is 0 Å². The maximum Gasteiger partial charge on any atom is 0.315 e. The molecule has 4 aromatic rings. The van der Waals surface area contributed by atoms with Crippen LogP contribution in [0.5, 0.6) is 0 Å². The van der Waals surface area contributed by atoms with Gasteiger partial charge in [0.05, 0.1) is 11.6 Å². The molecule has 4 N–H and O–H groups in total. The number of benzene rings is 2. The molecule has 2 aromatic heterocycles. The topological polar surface area (TPSA) is 132 Å². The molecule has 168 valence electrons. The molecule has 0 saturated heterocycles. The van der Waals surface area contributed by atoms with E-state index in [1.165, 1.54) is 0 Å². The number of halogens is 2. The first-order chi connectivity index (χ1) is 15.8. The van der Waals surface area contributed by atoms with Crippen LogP contribution in [0.15, 0.2) is 58.5 Å². The average molecular weight is 485 g/mol. The number of rotatable bonds is 6. The third kappa shape index (κ3) is 5.05. The number of H-pyrrole nitrogens is 2. The minimum absolute atomic E-state index is 0.0221. The van der Waals surface area contributed by atoms with Gasteiger partial charge in [0.2, 0.25) is 0 Å². The maximum atomic E-state index is 12.3. The molecule has 0 bridgehead atoms. The lowest BCUT2D eigenvalue weighted by molar-refractivity contribution is 0.237. The Morgan fingerprint density at radius 2 is 1.97 bits per heavy atom. The number of aromatic amines is 2. The number of nitrogens with zero attached hydrogens (tertiary/aromatic N) is 2. The van der Waals surface area contributed by atoms with Crippen molar-refractivity contribution in [3.05, 3.63) is 85.4 Å². The Bertz CT molecular complexity index is 1420. The van der Waals surface area contributed by atoms with Gasteiger partial charge in [-0.05, 0) is 41.9 Å². The number of imidazole rings is 1. The zero-order chi connectivity index (χ0) is 23.5. The van der Waals surface area contributed by atoms with Gasteiger partial charge in [-0.15, -0.1) is 4.91 Å². The van der Waals surface area contributed by atoms with Crippen LogP contribution in [0, 0.1) is 4.91 Å². The van der Waals surface area contributed by atoms with Crippen LogP contribution in [-0.4, -0.2) is 21.0 Å². The van der Waals surface area contributed by atoms with E-state index in [2.05, 4.69) is 30.8 Å². The fraction of sp³-hybridized carbons (Fsp3) is 0.136. The summed E-state index contributed by atoms with van der Waals surface area (Å²) in [5.41, 5.74) is 2.00. The number of aromatic nitrogens is 3. The van der Waals surface area contributed by atoms with E-state index in [4.69, 9.17) is 23.2 Å². The van der Waals surface area contributed by atoms with E-state index in [1.807, 2.05) is 12.1 Å². The van der Waals surface area contributed by atoms with E-state index in [1.54, 1.807) is 37.3 Å². The summed E-state index contributed by atoms with van der Waals surface area (Å²) < 4.78 is 0. The summed E-state index contributed by atoms with van der Waals surface area (Å²) in [6.07, 6.45) is 0. The first kappa shape index (κ1) is 22.5. The van der Waals surface area contributed by atoms with Crippen molar-refractivity contribution in [1.82, 2.24) is 25.6 Å². The molecule has 9 nitrogen and oxygen atoms in total. The van der Waals surface area contributed by atoms with E-state index in [0.717, 1.165) is 11.6 Å². The van der Waals surface area contributed by atoms with Crippen LogP contribution in [0.1, 0.15) is 24.4 Å². The smallest absolute Gasteiger partial charge is 0.315 e. The summed E-state index contributed by atoms with van der Waals surface area (Å²) >= 11 is 12.3. The predicted octanol–water partition coefficient (Wildman–Crippen LogP) is 5.18. The lowest BCUT2D eigenvalue weighted by Gasteiger charge is -2.12. The second kappa shape index (κ2) is 9.43. The van der Waals surface area contributed by atoms with Gasteiger partial charge >= 0.3 is 6.03 Å². The molecule has 33 heavy (non-hydrogen) atoms. The summed E-state index contributed by atoms with van der Waals surface area (Å²) in [5, 5.41) is 9.82. The van der Waals surface area contributed by atoms with Crippen molar-refractivity contribution in [2.45, 2.75) is 19.5 Å². The molecule has 0 aliphatic rings. The van der Waals surface area contributed by atoms with Crippen LogP contribution in [0.3, 0.4) is 0 Å². The molecular formula is C22H18Cl2N6O3. The zero-order valence-corrected chi connectivity index (χ0v) is 18.8. The highest BCUT2D eigenvalue weighted by atomic mass is 35.5. The number of nitroso groups, excluding NO2 is 1. The summed E-state index contributed by atoms with van der Waals surface area (Å²) in [6.45, 7) is 2.08. The van der Waals surface area contributed by atoms with Crippen LogP contribution in [0.25, 0.3) is 22.2 Å². The van der Waals surface area contributed by atoms with Gasteiger partial charge in [0, 0.05) is 28.6 Å². The zero-order valence-electron chi connectivity index (χ0n) is 17.3. The van der Waals surface area contributed by atoms with Crippen LogP contribution in [-0.2, 0) is 6.54 Å². The van der Waals surface area contributed by atoms with Crippen molar-refractivity contribution in [3.8, 4) is 11.3 Å². The molecule has 1 atom stereocenters. The number of carbonyl (C=O) groups excluding carboxylic acids is 1. The molecule has 0 aliphatic carbocycles. The van der Waals surface area contributed by atoms with Crippen LogP contribution in [0.4, 0.5) is 10.5 Å². The van der Waals surface area contributed by atoms with Crippen molar-refractivity contribution in [3.63, 3.8) is 0 Å². The quantitative estimate of drug-likeness (QED) is 0.280. The third-order valence-corrected chi connectivity index (χ3v) is 5.48. The number of hydrogen-bond acceptors (Lipinski definition) is 5. The minimum Gasteiger partial charge on any atom is -0.334 e. The average Bonchev–Trinajstić information content (AvgIpc) is 3.18. The summed E-state index contributed by atoms with van der Waals surface area (Å²) in [7, 11) is 0. The standard InChI is InChI=1S/C22H18Cl2N6O3/c1-11(26-22(32)25-10-12-3-2-4-14(23)7-12)21-28-19(20(24)29-21)13-5-6-16-15(8-13)17(30-33)9-18(31)27-16/h2-9,11H,10H2,1H3,(H,27,31)(H,28,29)(H2,25,26,32)/t11-/m0/s1. The summed E-state index contributed by atoms with van der Waals surface area (Å²) in [4.78, 5) is 45.2. The van der Waals surface area contributed by atoms with Crippen molar-refractivity contribution in [2.75, 3.05) is 0 Å². The molecule has 2 aromatic carbocycles. The molecule has 0 unspecified atom stereocenters. The van der Waals surface area contributed by atoms with Gasteiger partial charge in [-0.1, -0.05) is 41.4 Å². The Kier molecular flexibility index (Phi) is 6.43. The number of carbonyl (C=O) groups is 1. The van der Waals surface area contributed by atoms with Crippen molar-refractivity contribution in [1.29, 1.82) is 0 Å². The van der Waals surface area contributed by atoms with Gasteiger partial charge in [0.15, 0.2) is 0 Å². The highest BCUT2D eigenvalue weighted by Gasteiger charge is 2.18. The van der Waals surface area contributed by atoms with E-state index < -0.39 is 11.6 Å². The SMILES string of the molecule is C[C@H](NC(=O)NCc1cccc(Cl)c1)c1nc(-c2ccc3[nH]c(=O)cc(N=O)c3c2)c(Cl)[nH]1. The fourth-order valence-electron chi connectivity index (χ4n) is 3.37. The lowest BCUT2D eigenvalue weighted by Crippen LogP contribution is -2.37. The molecule has 2 amide bonds. The minimum atomic E-state index is -0.473. The van der Waals surface area contributed by atoms with Gasteiger partial charge in [-0.25, -0.2) is 9.78 Å². The molecular weight excluding hydrogens is 467 g/mol. The highest BCUT2D eigenvalue weighted by molar-refractivity contribution is 6.32. The Balaban J connectivity index is 1.50. The molecule has 0 spiro atoms. The van der Waals surface area contributed by atoms with Gasteiger partial charge < -0.3 is 20.6 Å². The summed E-state index contributed by atoms with van der Waals surface area (Å²) in [6, 6.07) is 12.5. The second-order valence-electron chi connectivity index (χ2n) is 7.33. The van der Waals surface area contributed by atoms with Crippen molar-refractivity contribution >= 4 is 45.8 Å². The number of pyridine rings is 1. The van der Waals surface area contributed by atoms with Crippen molar-refractivity contribution in [2.24, 2.45) is 5.18 Å². The van der Waals surface area contributed by atoms with Crippen LogP contribution >= 0.6 is 23.2 Å². The van der Waals surface area contributed by atoms with E-state index in [0.29, 0.717) is 39.6 Å². The number of urea groups is 1. The predicted molar refractivity (Wildman–Crippen MR) is 128 cm³/mol. The highest BCUT2D eigenvalue weighted by Crippen LogP contribution is 2.32. The monoisotopic (exact) mass is 484 g/mol. The van der Waals surface area contributed by atoms with Crippen LogP contribution in [0.2, 0.25) is 10.2 Å². The molecule has 0 fully saturated rings. The van der Waals surface area contributed by atoms with Crippen molar-refractivity contribution < 1.29 is 4.79 Å². The first-order valence-corrected chi connectivity index (χ1v) is 10.6. The normalized spacial score (nSPS) is 11.8. The molecule has 11 heteroatoms. The molecule has 2 heterocycles. The molecule has 0 radical (unpaired) electrons. The van der Waals surface area contributed by atoms with Crippen LogP contribution < -0.4 is 16.2 Å². The van der Waals surface area contributed by atoms with E-state index in [9.17, 15) is 14.5 Å². The van der Waals surface area contributed by atoms with Gasteiger partial charge in [0.1, 0.15) is 22.4 Å². The first-order valence-electron chi connectivity index (χ1n) is 9.89. The summed E-state index contributed by atoms with van der Waals surface area (Å²) in [5.74, 6) is 0.447. The van der Waals surface area contributed by atoms with Gasteiger partial charge in [-0.3, -0.25) is 4.79 Å². The molecule has 0 aliphatic heterocycles.